The van der Waals surface area contributed by atoms with Crippen molar-refractivity contribution >= 4 is 0 Å². The summed E-state index contributed by atoms with van der Waals surface area (Å²) in [7, 11) is 0. The molecule has 0 aliphatic heterocycles. The first-order chi connectivity index (χ1) is 0. The van der Waals surface area contributed by atoms with Crippen molar-refractivity contribution in [2.75, 3.05) is 0 Å². The van der Waals surface area contributed by atoms with Crippen LogP contribution >= 0.6 is 0 Å². The van der Waals surface area contributed by atoms with E-state index in [0.29, 0.717) is 0 Å². The quantitative estimate of drug-likeness (QED) is 0.321. The first-order valence-corrected chi connectivity index (χ1v) is 0. The zero-order chi connectivity index (χ0) is 0. The maximum Gasteiger partial charge on any atom is 0 e. The molecule has 0 aromatic rings. The molecular weight excluding hydrogens is 2140 g/mol. The van der Waals surface area contributed by atoms with Crippen LogP contribution in [0.4, 0.5) is 0 Å². The average molecular weight is 2140 g/mol. The molecule has 0 aromatic heterocycles. The molecular formula is Rf8. The van der Waals surface area contributed by atoms with Crippen LogP contribution in [0.15, 0.2) is 0 Å². The van der Waals surface area contributed by atoms with E-state index in [4.69, 9.17) is 0 Å². The van der Waals surface area contributed by atoms with Gasteiger partial charge in [0.05, 0.1) is 0 Å². The third kappa shape index (κ3) is -0.281. The van der Waals surface area contributed by atoms with Gasteiger partial charge in [0.25, 0.3) is 0 Å². The first kappa shape index (κ1) is 0. The van der Waals surface area contributed by atoms with Crippen molar-refractivity contribution in [3.63, 3.8) is 0 Å². The molecule has 0 spiro atoms. The number of hydrogen-bond donors (Lipinski definition) is 0. The van der Waals surface area contributed by atoms with Crippen molar-refractivity contribution in [2.45, 2.75) is 0 Å². The minimum absolute atomic E-state index is 0. The number of hydrogen-bond acceptors (Lipinski definition) is 0. The average Bonchev–Trinajstić information content (AvgIpc) is 0. The molecule has 0 N–H and O–H groups in total. The van der Waals surface area contributed by atoms with Crippen molar-refractivity contribution in [2.24, 2.45) is 0 Å². The minimum Gasteiger partial charge on any atom is 0 e. The molecule has 0 radical (unpaired) electrons. The smallest absolute Gasteiger partial charge is 0 e. The van der Waals surface area contributed by atoms with Gasteiger partial charge in [0.15, 0.2) is 0 Å². The predicted octanol–water partition coefficient (Wildman–Crippen LogP) is 0. The molecule has 0 amide bonds. The normalized spacial score (nSPS) is 0. The summed E-state index contributed by atoms with van der Waals surface area (Å²) < 4.78 is 0. The Kier molecular flexibility index (Phi) is 0. The van der Waals surface area contributed by atoms with E-state index in [1.54, 1.807) is 0 Å². The second kappa shape index (κ2) is -0.0625. The zero-order valence-electron chi connectivity index (χ0n) is 5.66. The predicted molar refractivity (Wildman–Crippen MR) is 0 cm³/mol. The van der Waals surface area contributed by atoms with E-state index in [9.17, 15) is 0 Å². The van der Waals surface area contributed by atoms with E-state index >= 15 is 0 Å². The third-order valence-corrected chi connectivity index (χ3v) is 0. The van der Waals surface area contributed by atoms with Gasteiger partial charge < -0.3 is 0 Å². The topological polar surface area (TPSA) is 0 Å². The Labute approximate surface area is 0 Å². The Bertz CT molecular complexity index is 0. The van der Waals surface area contributed by atoms with Gasteiger partial charge in [-0.25, -0.2) is 0 Å². The van der Waals surface area contributed by atoms with Gasteiger partial charge in [-0.05, 0) is 0 Å². The maximum absolute atomic E-state index is 0. The van der Waals surface area contributed by atoms with Crippen LogP contribution in [-0.2, 0) is 0 Å². The molecule has 0 aromatic carbocycles. The summed E-state index contributed by atoms with van der Waals surface area (Å²) in [6.07, 6.45) is 0. The molecule has 0 heterocycles. The van der Waals surface area contributed by atoms with E-state index in [1.807, 2.05) is 0 Å². The van der Waals surface area contributed by atoms with Crippen LogP contribution in [0.3, 0.4) is 0 Å². The van der Waals surface area contributed by atoms with E-state index in [0.717, 1.165) is 0 Å². The SMILES string of the molecule is [Rf].[Rf].[Rf].[Rf].[Rf].[Rf].[Rf].[Rf]. The van der Waals surface area contributed by atoms with E-state index in [2.05, 4.69) is 0 Å². The van der Waals surface area contributed by atoms with E-state index < -0.39 is 0 Å². The Morgan fingerprint density at radius 2 is 0.125 bits per heavy atom. The summed E-state index contributed by atoms with van der Waals surface area (Å²) >= 11 is 0. The first-order valence-electron chi connectivity index (χ1n) is 0. The number of rotatable bonds is 0. The fraction of sp³-hybridized carbons (Fsp3) is 0. The Balaban J connectivity index is 0. The third-order valence-electron chi connectivity index (χ3n) is 0. The van der Waals surface area contributed by atoms with Crippen LogP contribution in [0.5, 0.6) is 0 Å². The van der Waals surface area contributed by atoms with Gasteiger partial charge in [0, 0.05) is 0 Å². The molecule has 0 saturated heterocycles. The molecule has 0 saturated carbocycles. The summed E-state index contributed by atoms with van der Waals surface area (Å²) in [5.74, 6) is 0. The van der Waals surface area contributed by atoms with Crippen LogP contribution in [0.2, 0.25) is 0 Å². The van der Waals surface area contributed by atoms with Crippen LogP contribution in [0.25, 0.3) is 0 Å². The van der Waals surface area contributed by atoms with Crippen LogP contribution in [0, 0.1) is 0 Å². The fourth-order valence-electron chi connectivity index (χ4n) is 0. The monoisotopic (exact) mass is 2140 g/mol. The van der Waals surface area contributed by atoms with Gasteiger partial charge in [-0.15, -0.1) is 0 Å². The molecule has 0 nitrogen and oxygen atoms in total. The van der Waals surface area contributed by atoms with Crippen molar-refractivity contribution in [1.29, 1.82) is 0 Å². The van der Waals surface area contributed by atoms with Crippen molar-refractivity contribution in [3.05, 3.63) is 0 Å². The maximum atomic E-state index is 0. The molecule has 8 heteroatoms. The van der Waals surface area contributed by atoms with Crippen molar-refractivity contribution < 1.29 is 0 Å². The van der Waals surface area contributed by atoms with Gasteiger partial charge in [0.1, 0.15) is 0 Å². The molecule has 0 aliphatic carbocycles. The molecule has 0 bridgehead atoms. The summed E-state index contributed by atoms with van der Waals surface area (Å²) in [6, 6.07) is 0. The summed E-state index contributed by atoms with van der Waals surface area (Å²) in [5.41, 5.74) is 0. The standard InChI is InChI=1S/8Rf. The Morgan fingerprint density at radius 3 is 0.125 bits per heavy atom. The van der Waals surface area contributed by atoms with Gasteiger partial charge in [-0.1, -0.05) is 0 Å². The molecule has 0 fully saturated rings. The molecule has 0 atom stereocenters. The van der Waals surface area contributed by atoms with E-state index in [1.165, 1.54) is 0 Å². The van der Waals surface area contributed by atoms with Gasteiger partial charge >= 0.3 is 0 Å². The summed E-state index contributed by atoms with van der Waals surface area (Å²) in [6.45, 7) is 0. The summed E-state index contributed by atoms with van der Waals surface area (Å²) in [5, 5.41) is 0. The molecule has 0 rings (SSSR count). The molecule has 0 aliphatic rings. The van der Waals surface area contributed by atoms with Crippen LogP contribution < -0.4 is 0 Å². The van der Waals surface area contributed by atoms with E-state index in [-0.39, 0.29) is 0 Å². The fourth-order valence-corrected chi connectivity index (χ4v) is 0. The minimum atomic E-state index is 0. The second-order valence-corrected chi connectivity index (χ2v) is 0. The van der Waals surface area contributed by atoms with Gasteiger partial charge in [0.2, 0.25) is 0 Å². The van der Waals surface area contributed by atoms with Crippen LogP contribution in [-0.4, -0.2) is 0 Å². The molecule has 8 heavy (non-hydrogen) atoms. The second-order valence-electron chi connectivity index (χ2n) is 0. The van der Waals surface area contributed by atoms with Crippen LogP contribution in [0.1, 0.15) is 0 Å². The van der Waals surface area contributed by atoms with Gasteiger partial charge in [-0.2, -0.15) is 0 Å². The molecule has 16 valence electrons. The Morgan fingerprint density at radius 1 is 0.125 bits per heavy atom. The Hall–Kier alpha value is -8.00. The van der Waals surface area contributed by atoms with Crippen molar-refractivity contribution in [3.8, 4) is 0 Å². The van der Waals surface area contributed by atoms with Crippen molar-refractivity contribution in [1.82, 2.24) is 0 Å². The molecule has 0 unspecified atom stereocenters. The largest absolute Gasteiger partial charge is 0 e. The zero-order valence-corrected chi connectivity index (χ0v) is 56.9. The van der Waals surface area contributed by atoms with Gasteiger partial charge in [-0.3, -0.25) is 0 Å². The summed E-state index contributed by atoms with van der Waals surface area (Å²) in [4.78, 5) is 0.